The van der Waals surface area contributed by atoms with Gasteiger partial charge in [0.1, 0.15) is 11.5 Å². The Morgan fingerprint density at radius 2 is 1.58 bits per heavy atom. The normalized spacial score (nSPS) is 10.6. The van der Waals surface area contributed by atoms with Gasteiger partial charge in [0, 0.05) is 0 Å². The van der Waals surface area contributed by atoms with Gasteiger partial charge in [-0.3, -0.25) is 0 Å². The zero-order valence-electron chi connectivity index (χ0n) is 11.3. The molecule has 19 heavy (non-hydrogen) atoms. The quantitative estimate of drug-likeness (QED) is 0.804. The third-order valence-electron chi connectivity index (χ3n) is 2.89. The van der Waals surface area contributed by atoms with Crippen molar-refractivity contribution in [3.05, 3.63) is 65.7 Å². The number of allylic oxidation sites excluding steroid dienone is 1. The first-order valence-electron chi connectivity index (χ1n) is 6.25. The van der Waals surface area contributed by atoms with Gasteiger partial charge in [0.05, 0.1) is 14.2 Å². The monoisotopic (exact) mass is 254 g/mol. The molecule has 2 rings (SSSR count). The second-order valence-electron chi connectivity index (χ2n) is 4.23. The van der Waals surface area contributed by atoms with Crippen molar-refractivity contribution in [3.8, 4) is 11.5 Å². The Morgan fingerprint density at radius 1 is 0.895 bits per heavy atom. The van der Waals surface area contributed by atoms with E-state index in [9.17, 15) is 0 Å². The number of benzene rings is 2. The van der Waals surface area contributed by atoms with E-state index < -0.39 is 0 Å². The lowest BCUT2D eigenvalue weighted by Crippen LogP contribution is -1.86. The Labute approximate surface area is 114 Å². The maximum absolute atomic E-state index is 5.21. The van der Waals surface area contributed by atoms with Crippen LogP contribution in [0.25, 0.3) is 6.08 Å². The minimum atomic E-state index is 0.878. The van der Waals surface area contributed by atoms with E-state index in [0.29, 0.717) is 0 Å². The van der Waals surface area contributed by atoms with E-state index in [1.165, 1.54) is 5.56 Å². The summed E-state index contributed by atoms with van der Waals surface area (Å²) in [5, 5.41) is 0. The molecule has 0 aliphatic heterocycles. The Hall–Kier alpha value is -2.22. The summed E-state index contributed by atoms with van der Waals surface area (Å²) in [6.07, 6.45) is 5.12. The van der Waals surface area contributed by atoms with Gasteiger partial charge in [-0.15, -0.1) is 0 Å². The van der Waals surface area contributed by atoms with E-state index in [2.05, 4.69) is 30.4 Å². The van der Waals surface area contributed by atoms with Crippen LogP contribution in [0, 0.1) is 0 Å². The molecule has 2 heteroatoms. The molecule has 2 aromatic carbocycles. The smallest absolute Gasteiger partial charge is 0.119 e. The van der Waals surface area contributed by atoms with E-state index in [-0.39, 0.29) is 0 Å². The van der Waals surface area contributed by atoms with E-state index >= 15 is 0 Å². The lowest BCUT2D eigenvalue weighted by atomic mass is 10.1. The van der Waals surface area contributed by atoms with Crippen LogP contribution in [0.2, 0.25) is 0 Å². The fraction of sp³-hybridized carbons (Fsp3) is 0.176. The molecule has 0 unspecified atom stereocenters. The third-order valence-corrected chi connectivity index (χ3v) is 2.89. The van der Waals surface area contributed by atoms with E-state index in [0.717, 1.165) is 23.5 Å². The van der Waals surface area contributed by atoms with Gasteiger partial charge < -0.3 is 9.47 Å². The molecule has 2 nitrogen and oxygen atoms in total. The number of rotatable bonds is 5. The predicted octanol–water partition coefficient (Wildman–Crippen LogP) is 3.96. The van der Waals surface area contributed by atoms with Gasteiger partial charge in [-0.2, -0.15) is 0 Å². The Morgan fingerprint density at radius 3 is 2.32 bits per heavy atom. The highest BCUT2D eigenvalue weighted by Crippen LogP contribution is 2.16. The molecule has 0 bridgehead atoms. The summed E-state index contributed by atoms with van der Waals surface area (Å²) in [6.45, 7) is 0. The summed E-state index contributed by atoms with van der Waals surface area (Å²) in [5.41, 5.74) is 2.38. The van der Waals surface area contributed by atoms with Gasteiger partial charge in [0.25, 0.3) is 0 Å². The first-order chi connectivity index (χ1) is 9.31. The van der Waals surface area contributed by atoms with Gasteiger partial charge in [-0.25, -0.2) is 0 Å². The predicted molar refractivity (Wildman–Crippen MR) is 78.7 cm³/mol. The van der Waals surface area contributed by atoms with Gasteiger partial charge in [-0.05, 0) is 41.8 Å². The molecule has 0 saturated heterocycles. The van der Waals surface area contributed by atoms with Crippen LogP contribution < -0.4 is 9.47 Å². The van der Waals surface area contributed by atoms with Crippen LogP contribution in [-0.2, 0) is 6.42 Å². The minimum Gasteiger partial charge on any atom is -0.497 e. The molecule has 0 heterocycles. The molecule has 0 saturated carbocycles. The molecular weight excluding hydrogens is 236 g/mol. The summed E-state index contributed by atoms with van der Waals surface area (Å²) < 4.78 is 10.4. The van der Waals surface area contributed by atoms with Crippen LogP contribution in [-0.4, -0.2) is 14.2 Å². The third kappa shape index (κ3) is 3.88. The fourth-order valence-electron chi connectivity index (χ4n) is 1.88. The van der Waals surface area contributed by atoms with Gasteiger partial charge in [-0.1, -0.05) is 36.4 Å². The van der Waals surface area contributed by atoms with Crippen LogP contribution in [0.3, 0.4) is 0 Å². The van der Waals surface area contributed by atoms with Gasteiger partial charge in [0.2, 0.25) is 0 Å². The van der Waals surface area contributed by atoms with Crippen molar-refractivity contribution in [2.45, 2.75) is 6.42 Å². The zero-order valence-corrected chi connectivity index (χ0v) is 11.3. The van der Waals surface area contributed by atoms with Crippen molar-refractivity contribution in [2.75, 3.05) is 14.2 Å². The summed E-state index contributed by atoms with van der Waals surface area (Å²) in [7, 11) is 3.37. The topological polar surface area (TPSA) is 18.5 Å². The average Bonchev–Trinajstić information content (AvgIpc) is 2.48. The van der Waals surface area contributed by atoms with Crippen molar-refractivity contribution >= 4 is 6.08 Å². The average molecular weight is 254 g/mol. The second-order valence-corrected chi connectivity index (χ2v) is 4.23. The van der Waals surface area contributed by atoms with Crippen LogP contribution in [0.4, 0.5) is 0 Å². The van der Waals surface area contributed by atoms with E-state index in [4.69, 9.17) is 9.47 Å². The van der Waals surface area contributed by atoms with E-state index in [1.807, 2.05) is 30.3 Å². The van der Waals surface area contributed by atoms with Crippen LogP contribution >= 0.6 is 0 Å². The summed E-state index contributed by atoms with van der Waals surface area (Å²) in [5.74, 6) is 1.77. The first kappa shape index (κ1) is 13.2. The number of hydrogen-bond acceptors (Lipinski definition) is 2. The molecule has 0 aromatic heterocycles. The van der Waals surface area contributed by atoms with Gasteiger partial charge >= 0.3 is 0 Å². The molecule has 0 N–H and O–H groups in total. The maximum Gasteiger partial charge on any atom is 0.119 e. The first-order valence-corrected chi connectivity index (χ1v) is 6.25. The Balaban J connectivity index is 2.02. The second kappa shape index (κ2) is 6.64. The molecule has 0 aliphatic rings. The number of methoxy groups -OCH3 is 2. The molecule has 0 radical (unpaired) electrons. The van der Waals surface area contributed by atoms with Crippen molar-refractivity contribution < 1.29 is 9.47 Å². The molecule has 98 valence electrons. The van der Waals surface area contributed by atoms with Crippen LogP contribution in [0.1, 0.15) is 11.1 Å². The van der Waals surface area contributed by atoms with Crippen molar-refractivity contribution in [1.82, 2.24) is 0 Å². The highest BCUT2D eigenvalue weighted by molar-refractivity contribution is 5.52. The minimum absolute atomic E-state index is 0.878. The maximum atomic E-state index is 5.21. The van der Waals surface area contributed by atoms with E-state index in [1.54, 1.807) is 14.2 Å². The number of ether oxygens (including phenoxy) is 2. The lowest BCUT2D eigenvalue weighted by molar-refractivity contribution is 0.414. The molecule has 0 spiro atoms. The van der Waals surface area contributed by atoms with Crippen LogP contribution in [0.5, 0.6) is 11.5 Å². The SMILES string of the molecule is COc1cccc(C=CCc2cccc(OC)c2)c1. The fourth-order valence-corrected chi connectivity index (χ4v) is 1.88. The zero-order chi connectivity index (χ0) is 13.5. The summed E-state index contributed by atoms with van der Waals surface area (Å²) in [4.78, 5) is 0. The summed E-state index contributed by atoms with van der Waals surface area (Å²) >= 11 is 0. The van der Waals surface area contributed by atoms with Gasteiger partial charge in [0.15, 0.2) is 0 Å². The summed E-state index contributed by atoms with van der Waals surface area (Å²) in [6, 6.07) is 16.1. The number of hydrogen-bond donors (Lipinski definition) is 0. The highest BCUT2D eigenvalue weighted by atomic mass is 16.5. The lowest BCUT2D eigenvalue weighted by Gasteiger charge is -2.02. The molecule has 0 fully saturated rings. The molecular formula is C17H18O2. The highest BCUT2D eigenvalue weighted by Gasteiger charge is 1.94. The van der Waals surface area contributed by atoms with Crippen LogP contribution in [0.15, 0.2) is 54.6 Å². The van der Waals surface area contributed by atoms with Crippen molar-refractivity contribution in [2.24, 2.45) is 0 Å². The molecule has 0 aliphatic carbocycles. The molecule has 0 atom stereocenters. The molecule has 2 aromatic rings. The largest absolute Gasteiger partial charge is 0.497 e. The standard InChI is InChI=1S/C17H18O2/c1-18-16-10-4-8-14(12-16)6-3-7-15-9-5-11-17(13-15)19-2/h3-6,8-13H,7H2,1-2H3. The van der Waals surface area contributed by atoms with Crippen molar-refractivity contribution in [3.63, 3.8) is 0 Å². The van der Waals surface area contributed by atoms with Crippen molar-refractivity contribution in [1.29, 1.82) is 0 Å². The Bertz CT molecular complexity index is 559. The Kier molecular flexibility index (Phi) is 4.62. The molecule has 0 amide bonds.